The second kappa shape index (κ2) is 6.02. The average Bonchev–Trinajstić information content (AvgIpc) is 2.79. The van der Waals surface area contributed by atoms with Crippen LogP contribution in [-0.4, -0.2) is 40.8 Å². The minimum atomic E-state index is -0.785. The average molecular weight is 316 g/mol. The Balaban J connectivity index is 1.59. The van der Waals surface area contributed by atoms with Crippen molar-refractivity contribution < 1.29 is 19.1 Å². The van der Waals surface area contributed by atoms with Gasteiger partial charge in [0, 0.05) is 12.6 Å². The Bertz CT molecular complexity index is 631. The van der Waals surface area contributed by atoms with Crippen LogP contribution in [0.5, 0.6) is 0 Å². The molecule has 2 unspecified atom stereocenters. The van der Waals surface area contributed by atoms with Gasteiger partial charge < -0.3 is 15.0 Å². The largest absolute Gasteiger partial charge is 0.445 e. The number of amides is 2. The zero-order valence-corrected chi connectivity index (χ0v) is 13.1. The van der Waals surface area contributed by atoms with E-state index in [1.54, 1.807) is 4.90 Å². The first-order valence-electron chi connectivity index (χ1n) is 7.82. The van der Waals surface area contributed by atoms with Crippen LogP contribution < -0.4 is 5.32 Å². The molecule has 0 aromatic heterocycles. The molecule has 0 saturated carbocycles. The number of carbonyl (C=O) groups excluding carboxylic acids is 3. The van der Waals surface area contributed by atoms with Gasteiger partial charge in [0.2, 0.25) is 5.91 Å². The van der Waals surface area contributed by atoms with Crippen molar-refractivity contribution in [3.05, 3.63) is 35.9 Å². The first-order valence-corrected chi connectivity index (χ1v) is 7.82. The van der Waals surface area contributed by atoms with Crippen LogP contribution in [0.2, 0.25) is 0 Å². The number of carbonyl (C=O) groups is 3. The normalized spacial score (nSPS) is 27.2. The lowest BCUT2D eigenvalue weighted by Crippen LogP contribution is -2.58. The number of ether oxygens (including phenoxy) is 1. The number of nitrogens with zero attached hydrogens (tertiary/aromatic N) is 1. The standard InChI is InChI=1S/C17H20N2O4/c1-12-10-17(14(20)9-15(21)18-17)7-8-19(12)16(22)23-11-13-5-3-2-4-6-13/h2-6,12H,7-11H2,1H3,(H,18,21). The summed E-state index contributed by atoms with van der Waals surface area (Å²) in [4.78, 5) is 37.4. The maximum atomic E-state index is 12.3. The van der Waals surface area contributed by atoms with E-state index in [2.05, 4.69) is 5.32 Å². The maximum Gasteiger partial charge on any atom is 0.410 e. The monoisotopic (exact) mass is 316 g/mol. The molecule has 2 atom stereocenters. The zero-order valence-electron chi connectivity index (χ0n) is 13.1. The predicted octanol–water partition coefficient (Wildman–Crippen LogP) is 1.64. The third-order valence-electron chi connectivity index (χ3n) is 4.63. The molecule has 0 bridgehead atoms. The fourth-order valence-corrected chi connectivity index (χ4v) is 3.38. The number of benzene rings is 1. The van der Waals surface area contributed by atoms with Crippen molar-refractivity contribution in [3.63, 3.8) is 0 Å². The highest BCUT2D eigenvalue weighted by Gasteiger charge is 2.50. The number of likely N-dealkylation sites (tertiary alicyclic amines) is 1. The summed E-state index contributed by atoms with van der Waals surface area (Å²) < 4.78 is 5.35. The molecule has 1 N–H and O–H groups in total. The van der Waals surface area contributed by atoms with E-state index >= 15 is 0 Å². The van der Waals surface area contributed by atoms with Crippen LogP contribution in [0, 0.1) is 0 Å². The Hall–Kier alpha value is -2.37. The molecule has 2 amide bonds. The predicted molar refractivity (Wildman–Crippen MR) is 82.5 cm³/mol. The van der Waals surface area contributed by atoms with E-state index in [1.165, 1.54) is 0 Å². The number of hydrogen-bond donors (Lipinski definition) is 1. The Kier molecular flexibility index (Phi) is 4.07. The molecule has 2 fully saturated rings. The van der Waals surface area contributed by atoms with Crippen LogP contribution in [0.15, 0.2) is 30.3 Å². The molecule has 3 rings (SSSR count). The number of ketones is 1. The van der Waals surface area contributed by atoms with Gasteiger partial charge in [-0.15, -0.1) is 0 Å². The summed E-state index contributed by atoms with van der Waals surface area (Å²) in [6, 6.07) is 9.33. The quantitative estimate of drug-likeness (QED) is 0.842. The number of rotatable bonds is 2. The van der Waals surface area contributed by atoms with Gasteiger partial charge in [0.1, 0.15) is 12.1 Å². The maximum absolute atomic E-state index is 12.3. The number of piperidine rings is 1. The Morgan fingerprint density at radius 3 is 2.70 bits per heavy atom. The summed E-state index contributed by atoms with van der Waals surface area (Å²) >= 11 is 0. The molecule has 1 aromatic carbocycles. The van der Waals surface area contributed by atoms with Gasteiger partial charge in [0.05, 0.1) is 6.42 Å². The summed E-state index contributed by atoms with van der Waals surface area (Å²) in [5.74, 6) is -0.283. The van der Waals surface area contributed by atoms with Gasteiger partial charge in [-0.25, -0.2) is 4.79 Å². The van der Waals surface area contributed by atoms with Gasteiger partial charge in [0.15, 0.2) is 5.78 Å². The Morgan fingerprint density at radius 1 is 1.35 bits per heavy atom. The van der Waals surface area contributed by atoms with Crippen LogP contribution in [0.4, 0.5) is 4.79 Å². The van der Waals surface area contributed by atoms with Gasteiger partial charge in [-0.3, -0.25) is 9.59 Å². The second-order valence-corrected chi connectivity index (χ2v) is 6.27. The van der Waals surface area contributed by atoms with Crippen molar-refractivity contribution in [2.45, 2.75) is 44.4 Å². The lowest BCUT2D eigenvalue weighted by atomic mass is 9.82. The van der Waals surface area contributed by atoms with Crippen molar-refractivity contribution in [2.24, 2.45) is 0 Å². The molecule has 2 aliphatic rings. The highest BCUT2D eigenvalue weighted by molar-refractivity contribution is 6.10. The van der Waals surface area contributed by atoms with Crippen molar-refractivity contribution in [2.75, 3.05) is 6.54 Å². The molecule has 2 saturated heterocycles. The molecular weight excluding hydrogens is 296 g/mol. The first kappa shape index (κ1) is 15.5. The summed E-state index contributed by atoms with van der Waals surface area (Å²) in [6.45, 7) is 2.51. The molecule has 0 aliphatic carbocycles. The first-order chi connectivity index (χ1) is 11.0. The summed E-state index contributed by atoms with van der Waals surface area (Å²) in [6.07, 6.45) is 0.457. The van der Waals surface area contributed by atoms with Gasteiger partial charge in [-0.05, 0) is 25.3 Å². The second-order valence-electron chi connectivity index (χ2n) is 6.27. The molecule has 2 heterocycles. The number of nitrogens with one attached hydrogen (secondary N) is 1. The van der Waals surface area contributed by atoms with Crippen LogP contribution in [0.3, 0.4) is 0 Å². The summed E-state index contributed by atoms with van der Waals surface area (Å²) in [7, 11) is 0. The highest BCUT2D eigenvalue weighted by atomic mass is 16.6. The zero-order chi connectivity index (χ0) is 16.4. The molecule has 23 heavy (non-hydrogen) atoms. The van der Waals surface area contributed by atoms with E-state index in [0.717, 1.165) is 5.56 Å². The highest BCUT2D eigenvalue weighted by Crippen LogP contribution is 2.32. The van der Waals surface area contributed by atoms with E-state index < -0.39 is 5.54 Å². The van der Waals surface area contributed by atoms with Gasteiger partial charge in [-0.1, -0.05) is 30.3 Å². The van der Waals surface area contributed by atoms with E-state index in [9.17, 15) is 14.4 Å². The van der Waals surface area contributed by atoms with Crippen LogP contribution in [0.1, 0.15) is 31.7 Å². The molecular formula is C17H20N2O4. The van der Waals surface area contributed by atoms with Crippen LogP contribution in [0.25, 0.3) is 0 Å². The fourth-order valence-electron chi connectivity index (χ4n) is 3.38. The van der Waals surface area contributed by atoms with E-state index in [0.29, 0.717) is 19.4 Å². The smallest absolute Gasteiger partial charge is 0.410 e. The summed E-state index contributed by atoms with van der Waals surface area (Å²) in [5, 5.41) is 2.80. The van der Waals surface area contributed by atoms with Crippen molar-refractivity contribution >= 4 is 17.8 Å². The van der Waals surface area contributed by atoms with E-state index in [4.69, 9.17) is 4.74 Å². The molecule has 0 radical (unpaired) electrons. The van der Waals surface area contributed by atoms with Gasteiger partial charge in [-0.2, -0.15) is 0 Å². The lowest BCUT2D eigenvalue weighted by Gasteiger charge is -2.41. The third-order valence-corrected chi connectivity index (χ3v) is 4.63. The van der Waals surface area contributed by atoms with E-state index in [-0.39, 0.29) is 36.9 Å². The topological polar surface area (TPSA) is 75.7 Å². The van der Waals surface area contributed by atoms with Crippen LogP contribution in [-0.2, 0) is 20.9 Å². The van der Waals surface area contributed by atoms with Gasteiger partial charge in [0.25, 0.3) is 0 Å². The van der Waals surface area contributed by atoms with Crippen molar-refractivity contribution in [1.82, 2.24) is 10.2 Å². The third kappa shape index (κ3) is 3.06. The van der Waals surface area contributed by atoms with Crippen molar-refractivity contribution in [3.8, 4) is 0 Å². The Labute approximate surface area is 134 Å². The van der Waals surface area contributed by atoms with E-state index in [1.807, 2.05) is 37.3 Å². The van der Waals surface area contributed by atoms with Crippen molar-refractivity contribution in [1.29, 1.82) is 0 Å². The van der Waals surface area contributed by atoms with Crippen LogP contribution >= 0.6 is 0 Å². The minimum absolute atomic E-state index is 0.0504. The van der Waals surface area contributed by atoms with Gasteiger partial charge >= 0.3 is 6.09 Å². The number of hydrogen-bond acceptors (Lipinski definition) is 4. The Morgan fingerprint density at radius 2 is 2.09 bits per heavy atom. The lowest BCUT2D eigenvalue weighted by molar-refractivity contribution is -0.124. The molecule has 1 aromatic rings. The molecule has 122 valence electrons. The molecule has 6 heteroatoms. The summed E-state index contributed by atoms with van der Waals surface area (Å²) in [5.41, 5.74) is 0.146. The molecule has 6 nitrogen and oxygen atoms in total. The fraction of sp³-hybridized carbons (Fsp3) is 0.471. The molecule has 2 aliphatic heterocycles. The number of Topliss-reactive ketones (excluding diaryl/α,β-unsaturated/α-hetero) is 1. The molecule has 1 spiro atoms. The SMILES string of the molecule is CC1CC2(CCN1C(=O)OCc1ccccc1)NC(=O)CC2=O. The minimum Gasteiger partial charge on any atom is -0.445 e.